The lowest BCUT2D eigenvalue weighted by atomic mass is 9.95. The predicted octanol–water partition coefficient (Wildman–Crippen LogP) is 3.93. The van der Waals surface area contributed by atoms with Crippen LogP contribution in [0.2, 0.25) is 0 Å². The molecular formula is C25H31N3O5S. The van der Waals surface area contributed by atoms with Gasteiger partial charge in [-0.2, -0.15) is 4.31 Å². The summed E-state index contributed by atoms with van der Waals surface area (Å²) in [5.74, 6) is -0.0471. The molecule has 182 valence electrons. The Hall–Kier alpha value is -2.78. The number of aryl methyl sites for hydroxylation is 2. The minimum absolute atomic E-state index is 0.0352. The molecule has 0 bridgehead atoms. The van der Waals surface area contributed by atoms with Crippen LogP contribution in [0.15, 0.2) is 53.4 Å². The van der Waals surface area contributed by atoms with Crippen molar-refractivity contribution < 1.29 is 18.1 Å². The number of nitro groups is 1. The van der Waals surface area contributed by atoms with E-state index in [1.54, 1.807) is 6.92 Å². The summed E-state index contributed by atoms with van der Waals surface area (Å²) in [7, 11) is -3.86. The average Bonchev–Trinajstić information content (AvgIpc) is 3.31. The van der Waals surface area contributed by atoms with Gasteiger partial charge in [-0.15, -0.1) is 0 Å². The highest BCUT2D eigenvalue weighted by Crippen LogP contribution is 2.31. The van der Waals surface area contributed by atoms with Gasteiger partial charge in [0.2, 0.25) is 15.9 Å². The SMILES string of the molecule is Cc1ccc([N+](=O)[O-])cc1S(=O)(=O)N1CCC(C(=O)N2CCCC2CCc2ccccc2)CC1. The molecule has 34 heavy (non-hydrogen) atoms. The lowest BCUT2D eigenvalue weighted by molar-refractivity contribution is -0.385. The Kier molecular flexibility index (Phi) is 7.33. The predicted molar refractivity (Wildman–Crippen MR) is 129 cm³/mol. The largest absolute Gasteiger partial charge is 0.339 e. The van der Waals surface area contributed by atoms with E-state index in [2.05, 4.69) is 12.1 Å². The molecule has 0 radical (unpaired) electrons. The third-order valence-electron chi connectivity index (χ3n) is 7.07. The number of rotatable bonds is 7. The summed E-state index contributed by atoms with van der Waals surface area (Å²) in [6, 6.07) is 14.4. The van der Waals surface area contributed by atoms with Crippen LogP contribution in [-0.2, 0) is 21.2 Å². The minimum atomic E-state index is -3.86. The number of sulfonamides is 1. The van der Waals surface area contributed by atoms with Gasteiger partial charge in [-0.25, -0.2) is 8.42 Å². The van der Waals surface area contributed by atoms with E-state index >= 15 is 0 Å². The highest BCUT2D eigenvalue weighted by atomic mass is 32.2. The molecule has 0 aliphatic carbocycles. The summed E-state index contributed by atoms with van der Waals surface area (Å²) in [5, 5.41) is 11.1. The second kappa shape index (κ2) is 10.2. The second-order valence-electron chi connectivity index (χ2n) is 9.24. The molecule has 2 aromatic carbocycles. The number of carbonyl (C=O) groups excluding carboxylic acids is 1. The van der Waals surface area contributed by atoms with Gasteiger partial charge in [-0.1, -0.05) is 36.4 Å². The van der Waals surface area contributed by atoms with Gasteiger partial charge in [0.05, 0.1) is 9.82 Å². The van der Waals surface area contributed by atoms with Gasteiger partial charge >= 0.3 is 0 Å². The summed E-state index contributed by atoms with van der Waals surface area (Å²) in [6.07, 6.45) is 4.83. The number of nitro benzene ring substituents is 1. The zero-order valence-corrected chi connectivity index (χ0v) is 20.2. The number of carbonyl (C=O) groups is 1. The third-order valence-corrected chi connectivity index (χ3v) is 9.11. The van der Waals surface area contributed by atoms with Crippen LogP contribution in [-0.4, -0.2) is 54.1 Å². The number of hydrogen-bond acceptors (Lipinski definition) is 5. The molecule has 2 heterocycles. The van der Waals surface area contributed by atoms with Gasteiger partial charge in [0.1, 0.15) is 0 Å². The van der Waals surface area contributed by atoms with Crippen molar-refractivity contribution >= 4 is 21.6 Å². The third kappa shape index (κ3) is 5.15. The van der Waals surface area contributed by atoms with E-state index < -0.39 is 14.9 Å². The van der Waals surface area contributed by atoms with Crippen molar-refractivity contribution in [3.63, 3.8) is 0 Å². The molecule has 2 fully saturated rings. The Morgan fingerprint density at radius 2 is 1.76 bits per heavy atom. The van der Waals surface area contributed by atoms with Gasteiger partial charge in [-0.05, 0) is 56.6 Å². The van der Waals surface area contributed by atoms with Gasteiger partial charge in [0, 0.05) is 43.7 Å². The monoisotopic (exact) mass is 485 g/mol. The van der Waals surface area contributed by atoms with Crippen LogP contribution in [0.4, 0.5) is 5.69 Å². The molecule has 1 atom stereocenters. The molecule has 1 unspecified atom stereocenters. The lowest BCUT2D eigenvalue weighted by Gasteiger charge is -2.34. The number of non-ortho nitro benzene ring substituents is 1. The Morgan fingerprint density at radius 3 is 2.44 bits per heavy atom. The fourth-order valence-corrected chi connectivity index (χ4v) is 6.82. The van der Waals surface area contributed by atoms with E-state index in [0.717, 1.165) is 38.3 Å². The van der Waals surface area contributed by atoms with Gasteiger partial charge < -0.3 is 4.90 Å². The van der Waals surface area contributed by atoms with E-state index in [4.69, 9.17) is 0 Å². The molecule has 2 saturated heterocycles. The van der Waals surface area contributed by atoms with Crippen molar-refractivity contribution in [2.24, 2.45) is 5.92 Å². The smallest absolute Gasteiger partial charge is 0.270 e. The molecule has 0 aromatic heterocycles. The molecule has 0 saturated carbocycles. The molecule has 2 aliphatic rings. The minimum Gasteiger partial charge on any atom is -0.339 e. The summed E-state index contributed by atoms with van der Waals surface area (Å²) in [4.78, 5) is 25.8. The zero-order valence-electron chi connectivity index (χ0n) is 19.4. The first-order chi connectivity index (χ1) is 16.3. The highest BCUT2D eigenvalue weighted by Gasteiger charge is 2.37. The van der Waals surface area contributed by atoms with Crippen LogP contribution in [0.1, 0.15) is 43.2 Å². The van der Waals surface area contributed by atoms with Crippen molar-refractivity contribution in [1.82, 2.24) is 9.21 Å². The topological polar surface area (TPSA) is 101 Å². The van der Waals surface area contributed by atoms with Gasteiger partial charge in [0.15, 0.2) is 0 Å². The van der Waals surface area contributed by atoms with Crippen molar-refractivity contribution in [3.05, 3.63) is 69.8 Å². The van der Waals surface area contributed by atoms with Crippen LogP contribution >= 0.6 is 0 Å². The van der Waals surface area contributed by atoms with Gasteiger partial charge in [0.25, 0.3) is 5.69 Å². The number of benzene rings is 2. The molecule has 4 rings (SSSR count). The number of piperidine rings is 1. The van der Waals surface area contributed by atoms with Crippen LogP contribution in [0.3, 0.4) is 0 Å². The molecule has 0 N–H and O–H groups in total. The first-order valence-electron chi connectivity index (χ1n) is 11.9. The quantitative estimate of drug-likeness (QED) is 0.437. The number of likely N-dealkylation sites (tertiary alicyclic amines) is 1. The number of nitrogens with zero attached hydrogens (tertiary/aromatic N) is 3. The lowest BCUT2D eigenvalue weighted by Crippen LogP contribution is -2.45. The Labute approximate surface area is 200 Å². The molecule has 2 aliphatic heterocycles. The van der Waals surface area contributed by atoms with E-state index in [0.29, 0.717) is 18.4 Å². The van der Waals surface area contributed by atoms with E-state index in [-0.39, 0.29) is 41.5 Å². The van der Waals surface area contributed by atoms with Crippen LogP contribution < -0.4 is 0 Å². The standard InChI is InChI=1S/C25H31N3O5S/c1-19-9-11-23(28(30)31)18-24(19)34(32,33)26-16-13-21(14-17-26)25(29)27-15-5-8-22(27)12-10-20-6-3-2-4-7-20/h2-4,6-7,9,11,18,21-22H,5,8,10,12-17H2,1H3. The fourth-order valence-electron chi connectivity index (χ4n) is 5.10. The normalized spacial score (nSPS) is 19.9. The molecule has 1 amide bonds. The van der Waals surface area contributed by atoms with Crippen molar-refractivity contribution in [1.29, 1.82) is 0 Å². The van der Waals surface area contributed by atoms with E-state index in [9.17, 15) is 23.3 Å². The summed E-state index contributed by atoms with van der Waals surface area (Å²) < 4.78 is 27.8. The molecule has 8 nitrogen and oxygen atoms in total. The molecular weight excluding hydrogens is 454 g/mol. The van der Waals surface area contributed by atoms with Crippen LogP contribution in [0, 0.1) is 23.0 Å². The Morgan fingerprint density at radius 1 is 1.06 bits per heavy atom. The average molecular weight is 486 g/mol. The fraction of sp³-hybridized carbons (Fsp3) is 0.480. The van der Waals surface area contributed by atoms with Gasteiger partial charge in [-0.3, -0.25) is 14.9 Å². The number of hydrogen-bond donors (Lipinski definition) is 0. The van der Waals surface area contributed by atoms with Crippen LogP contribution in [0.5, 0.6) is 0 Å². The first-order valence-corrected chi connectivity index (χ1v) is 13.3. The maximum Gasteiger partial charge on any atom is 0.270 e. The summed E-state index contributed by atoms with van der Waals surface area (Å²) >= 11 is 0. The molecule has 9 heteroatoms. The Bertz CT molecular complexity index is 1140. The van der Waals surface area contributed by atoms with Crippen LogP contribution in [0.25, 0.3) is 0 Å². The maximum absolute atomic E-state index is 13.3. The van der Waals surface area contributed by atoms with Crippen molar-refractivity contribution in [3.8, 4) is 0 Å². The summed E-state index contributed by atoms with van der Waals surface area (Å²) in [5.41, 5.74) is 1.50. The van der Waals surface area contributed by atoms with E-state index in [1.165, 1.54) is 22.0 Å². The zero-order chi connectivity index (χ0) is 24.3. The van der Waals surface area contributed by atoms with Crippen molar-refractivity contribution in [2.45, 2.75) is 56.4 Å². The maximum atomic E-state index is 13.3. The first kappa shape index (κ1) is 24.3. The molecule has 0 spiro atoms. The Balaban J connectivity index is 1.38. The van der Waals surface area contributed by atoms with E-state index in [1.807, 2.05) is 23.1 Å². The highest BCUT2D eigenvalue weighted by molar-refractivity contribution is 7.89. The van der Waals surface area contributed by atoms with Crippen molar-refractivity contribution in [2.75, 3.05) is 19.6 Å². The molecule has 2 aromatic rings. The second-order valence-corrected chi connectivity index (χ2v) is 11.1. The number of amides is 1. The summed E-state index contributed by atoms with van der Waals surface area (Å²) in [6.45, 7) is 2.88.